The second-order valence-electron chi connectivity index (χ2n) is 7.83. The van der Waals surface area contributed by atoms with Crippen LogP contribution in [0.5, 0.6) is 11.5 Å². The number of benzene rings is 2. The third-order valence-corrected chi connectivity index (χ3v) is 5.52. The van der Waals surface area contributed by atoms with Gasteiger partial charge in [-0.3, -0.25) is 9.69 Å². The van der Waals surface area contributed by atoms with Crippen LogP contribution in [0.25, 0.3) is 11.0 Å². The fourth-order valence-electron chi connectivity index (χ4n) is 3.75. The van der Waals surface area contributed by atoms with Gasteiger partial charge in [-0.05, 0) is 74.5 Å². The number of hydrogen-bond donors (Lipinski definition) is 1. The molecule has 1 fully saturated rings. The smallest absolute Gasteiger partial charge is 0.337 e. The molecule has 1 aliphatic heterocycles. The van der Waals surface area contributed by atoms with Gasteiger partial charge in [0.2, 0.25) is 0 Å². The number of furan rings is 1. The highest BCUT2D eigenvalue weighted by Gasteiger charge is 2.14. The molecule has 1 amide bonds. The average molecular weight is 453 g/mol. The molecule has 174 valence electrons. The Hall–Kier alpha value is -3.52. The Bertz CT molecular complexity index is 1090. The molecule has 1 N–H and O–H groups in total. The van der Waals surface area contributed by atoms with Crippen LogP contribution in [0.15, 0.2) is 52.9 Å². The lowest BCUT2D eigenvalue weighted by Gasteiger charge is -2.14. The topological polar surface area (TPSA) is 90.2 Å². The van der Waals surface area contributed by atoms with Gasteiger partial charge in [0, 0.05) is 11.9 Å². The molecule has 0 radical (unpaired) electrons. The second kappa shape index (κ2) is 10.9. The third kappa shape index (κ3) is 6.04. The summed E-state index contributed by atoms with van der Waals surface area (Å²) in [5.74, 6) is 0.883. The van der Waals surface area contributed by atoms with Crippen molar-refractivity contribution < 1.29 is 28.2 Å². The maximum absolute atomic E-state index is 12.4. The first-order valence-corrected chi connectivity index (χ1v) is 11.1. The van der Waals surface area contributed by atoms with E-state index in [2.05, 4.69) is 15.0 Å². The van der Waals surface area contributed by atoms with Gasteiger partial charge >= 0.3 is 5.97 Å². The van der Waals surface area contributed by atoms with E-state index in [1.54, 1.807) is 30.3 Å². The van der Waals surface area contributed by atoms with E-state index in [1.807, 2.05) is 18.2 Å². The van der Waals surface area contributed by atoms with Crippen LogP contribution in [-0.2, 0) is 4.74 Å². The van der Waals surface area contributed by atoms with Crippen molar-refractivity contribution in [1.82, 2.24) is 10.2 Å². The molecule has 8 nitrogen and oxygen atoms in total. The number of amides is 1. The highest BCUT2D eigenvalue weighted by molar-refractivity contribution is 5.96. The van der Waals surface area contributed by atoms with Gasteiger partial charge in [-0.25, -0.2) is 4.79 Å². The van der Waals surface area contributed by atoms with E-state index in [1.165, 1.54) is 20.0 Å². The van der Waals surface area contributed by atoms with Crippen LogP contribution in [-0.4, -0.2) is 63.3 Å². The quantitative estimate of drug-likeness (QED) is 0.372. The van der Waals surface area contributed by atoms with Gasteiger partial charge < -0.3 is 23.9 Å². The molecule has 1 saturated heterocycles. The zero-order valence-corrected chi connectivity index (χ0v) is 18.7. The molecule has 2 heterocycles. The normalized spacial score (nSPS) is 13.7. The van der Waals surface area contributed by atoms with Gasteiger partial charge in [0.25, 0.3) is 5.91 Å². The molecule has 0 saturated carbocycles. The van der Waals surface area contributed by atoms with Gasteiger partial charge in [-0.2, -0.15) is 0 Å². The molecule has 0 aliphatic carbocycles. The Balaban J connectivity index is 1.23. The van der Waals surface area contributed by atoms with E-state index in [9.17, 15) is 9.59 Å². The Morgan fingerprint density at radius 1 is 0.970 bits per heavy atom. The zero-order chi connectivity index (χ0) is 23.0. The molecule has 0 unspecified atom stereocenters. The van der Waals surface area contributed by atoms with Crippen LogP contribution in [0.2, 0.25) is 0 Å². The second-order valence-corrected chi connectivity index (χ2v) is 7.83. The number of hydrogen-bond acceptors (Lipinski definition) is 7. The number of esters is 1. The van der Waals surface area contributed by atoms with E-state index < -0.39 is 5.97 Å². The lowest BCUT2D eigenvalue weighted by Crippen LogP contribution is -2.27. The van der Waals surface area contributed by atoms with Gasteiger partial charge in [-0.15, -0.1) is 0 Å². The number of nitrogens with zero attached hydrogens (tertiary/aromatic N) is 1. The van der Waals surface area contributed by atoms with Crippen LogP contribution in [0.3, 0.4) is 0 Å². The minimum Gasteiger partial charge on any atom is -0.492 e. The number of likely N-dealkylation sites (tertiary alicyclic amines) is 1. The first-order chi connectivity index (χ1) is 16.1. The molecular weight excluding hydrogens is 424 g/mol. The number of ether oxygens (including phenoxy) is 3. The lowest BCUT2D eigenvalue weighted by molar-refractivity contribution is 0.0600. The SMILES string of the molecule is COC(=O)c1ccc(OCCNC(=O)c2cc3cc(OCCN4CCCC4)ccc3o2)cc1. The number of rotatable bonds is 10. The van der Waals surface area contributed by atoms with E-state index >= 15 is 0 Å². The minimum absolute atomic E-state index is 0.238. The van der Waals surface area contributed by atoms with E-state index in [0.717, 1.165) is 30.8 Å². The molecule has 0 bridgehead atoms. The summed E-state index contributed by atoms with van der Waals surface area (Å²) < 4.78 is 21.8. The van der Waals surface area contributed by atoms with E-state index in [4.69, 9.17) is 13.9 Å². The number of fused-ring (bicyclic) bond motifs is 1. The van der Waals surface area contributed by atoms with Gasteiger partial charge in [0.15, 0.2) is 5.76 Å². The third-order valence-electron chi connectivity index (χ3n) is 5.52. The predicted octanol–water partition coefficient (Wildman–Crippen LogP) is 3.50. The number of carbonyl (C=O) groups is 2. The molecular formula is C25H28N2O6. The first-order valence-electron chi connectivity index (χ1n) is 11.1. The van der Waals surface area contributed by atoms with Gasteiger partial charge in [0.05, 0.1) is 19.2 Å². The van der Waals surface area contributed by atoms with Crippen LogP contribution in [0.1, 0.15) is 33.8 Å². The van der Waals surface area contributed by atoms with Crippen molar-refractivity contribution in [2.24, 2.45) is 0 Å². The minimum atomic E-state index is -0.402. The van der Waals surface area contributed by atoms with Crippen LogP contribution in [0, 0.1) is 0 Å². The maximum Gasteiger partial charge on any atom is 0.337 e. The molecule has 2 aromatic carbocycles. The summed E-state index contributed by atoms with van der Waals surface area (Å²) in [5, 5.41) is 3.60. The van der Waals surface area contributed by atoms with E-state index in [-0.39, 0.29) is 18.3 Å². The summed E-state index contributed by atoms with van der Waals surface area (Å²) >= 11 is 0. The monoisotopic (exact) mass is 452 g/mol. The predicted molar refractivity (Wildman–Crippen MR) is 123 cm³/mol. The summed E-state index contributed by atoms with van der Waals surface area (Å²) in [4.78, 5) is 26.3. The largest absolute Gasteiger partial charge is 0.492 e. The molecule has 3 aromatic rings. The van der Waals surface area contributed by atoms with Crippen LogP contribution in [0.4, 0.5) is 0 Å². The molecule has 4 rings (SSSR count). The number of carbonyl (C=O) groups excluding carboxylic acids is 2. The molecule has 8 heteroatoms. The van der Waals surface area contributed by atoms with Crippen molar-refractivity contribution >= 4 is 22.8 Å². The summed E-state index contributed by atoms with van der Waals surface area (Å²) in [7, 11) is 1.33. The van der Waals surface area contributed by atoms with Crippen molar-refractivity contribution in [3.05, 3.63) is 59.9 Å². The van der Waals surface area contributed by atoms with Crippen molar-refractivity contribution in [2.45, 2.75) is 12.8 Å². The van der Waals surface area contributed by atoms with Gasteiger partial charge in [0.1, 0.15) is 30.3 Å². The Morgan fingerprint density at radius 2 is 1.70 bits per heavy atom. The molecule has 0 spiro atoms. The highest BCUT2D eigenvalue weighted by Crippen LogP contribution is 2.24. The summed E-state index contributed by atoms with van der Waals surface area (Å²) in [6.45, 7) is 4.44. The van der Waals surface area contributed by atoms with Crippen molar-refractivity contribution in [3.63, 3.8) is 0 Å². The number of nitrogens with one attached hydrogen (secondary N) is 1. The van der Waals surface area contributed by atoms with Crippen LogP contribution < -0.4 is 14.8 Å². The Morgan fingerprint density at radius 3 is 2.45 bits per heavy atom. The molecule has 0 atom stereocenters. The summed E-state index contributed by atoms with van der Waals surface area (Å²) in [6.07, 6.45) is 2.53. The van der Waals surface area contributed by atoms with Gasteiger partial charge in [-0.1, -0.05) is 0 Å². The maximum atomic E-state index is 12.4. The van der Waals surface area contributed by atoms with Crippen molar-refractivity contribution in [2.75, 3.05) is 46.5 Å². The highest BCUT2D eigenvalue weighted by atomic mass is 16.5. The lowest BCUT2D eigenvalue weighted by atomic mass is 10.2. The van der Waals surface area contributed by atoms with E-state index in [0.29, 0.717) is 30.0 Å². The Kier molecular flexibility index (Phi) is 7.47. The first kappa shape index (κ1) is 22.7. The average Bonchev–Trinajstić information content (AvgIpc) is 3.51. The number of methoxy groups -OCH3 is 1. The molecule has 1 aliphatic rings. The summed E-state index contributed by atoms with van der Waals surface area (Å²) in [5.41, 5.74) is 1.08. The Labute approximate surface area is 192 Å². The van der Waals surface area contributed by atoms with Crippen LogP contribution >= 0.6 is 0 Å². The standard InChI is InChI=1S/C25H28N2O6/c1-30-25(29)18-4-6-20(7-5-18)31-14-10-26-24(28)23-17-19-16-21(8-9-22(19)33-23)32-15-13-27-11-2-3-12-27/h4-9,16-17H,2-3,10-15H2,1H3,(H,26,28). The fourth-order valence-corrected chi connectivity index (χ4v) is 3.75. The molecule has 1 aromatic heterocycles. The molecule has 33 heavy (non-hydrogen) atoms. The zero-order valence-electron chi connectivity index (χ0n) is 18.7. The van der Waals surface area contributed by atoms with Crippen molar-refractivity contribution in [1.29, 1.82) is 0 Å². The van der Waals surface area contributed by atoms with Crippen molar-refractivity contribution in [3.8, 4) is 11.5 Å². The fraction of sp³-hybridized carbons (Fsp3) is 0.360. The summed E-state index contributed by atoms with van der Waals surface area (Å²) in [6, 6.07) is 13.9.